The van der Waals surface area contributed by atoms with Gasteiger partial charge in [0.15, 0.2) is 0 Å². The third kappa shape index (κ3) is 5.48. The Kier molecular flexibility index (Phi) is 7.07. The molecule has 0 fully saturated rings. The maximum absolute atomic E-state index is 12.7. The summed E-state index contributed by atoms with van der Waals surface area (Å²) in [6, 6.07) is 11.9. The Morgan fingerprint density at radius 2 is 1.79 bits per heavy atom. The van der Waals surface area contributed by atoms with Crippen molar-refractivity contribution >= 4 is 21.7 Å². The van der Waals surface area contributed by atoms with Crippen LogP contribution in [0.2, 0.25) is 0 Å². The van der Waals surface area contributed by atoms with Gasteiger partial charge in [-0.25, -0.2) is 13.2 Å². The number of anilines is 1. The van der Waals surface area contributed by atoms with Gasteiger partial charge in [0.1, 0.15) is 12.4 Å². The summed E-state index contributed by atoms with van der Waals surface area (Å²) in [6.07, 6.45) is 0. The van der Waals surface area contributed by atoms with Crippen LogP contribution in [0.5, 0.6) is 5.75 Å². The van der Waals surface area contributed by atoms with Crippen molar-refractivity contribution in [3.63, 3.8) is 0 Å². The Bertz CT molecular complexity index is 920. The SMILES string of the molecule is CCS(=O)(=O)N(CC(C)C)c1ccc(C)cc1OCc1ccc(C(=O)O)cc1. The maximum atomic E-state index is 12.7. The van der Waals surface area contributed by atoms with E-state index in [0.29, 0.717) is 18.0 Å². The van der Waals surface area contributed by atoms with E-state index in [-0.39, 0.29) is 23.8 Å². The van der Waals surface area contributed by atoms with Gasteiger partial charge in [0.25, 0.3) is 0 Å². The van der Waals surface area contributed by atoms with Crippen LogP contribution in [-0.2, 0) is 16.6 Å². The average molecular weight is 406 g/mol. The molecular weight excluding hydrogens is 378 g/mol. The minimum atomic E-state index is -3.45. The van der Waals surface area contributed by atoms with E-state index in [0.717, 1.165) is 11.1 Å². The van der Waals surface area contributed by atoms with Crippen LogP contribution in [0.25, 0.3) is 0 Å². The topological polar surface area (TPSA) is 83.9 Å². The van der Waals surface area contributed by atoms with Gasteiger partial charge in [-0.3, -0.25) is 4.31 Å². The summed E-state index contributed by atoms with van der Waals surface area (Å²) in [5.41, 5.74) is 2.48. The van der Waals surface area contributed by atoms with Crippen molar-refractivity contribution in [2.75, 3.05) is 16.6 Å². The molecule has 0 heterocycles. The lowest BCUT2D eigenvalue weighted by atomic mass is 10.1. The highest BCUT2D eigenvalue weighted by Gasteiger charge is 2.24. The van der Waals surface area contributed by atoms with Crippen LogP contribution < -0.4 is 9.04 Å². The number of carbonyl (C=O) groups is 1. The lowest BCUT2D eigenvalue weighted by Crippen LogP contribution is -2.35. The number of carboxylic acids is 1. The first-order valence-corrected chi connectivity index (χ1v) is 10.8. The van der Waals surface area contributed by atoms with Crippen molar-refractivity contribution in [2.24, 2.45) is 5.92 Å². The predicted octanol–water partition coefficient (Wildman–Crippen LogP) is 4.08. The van der Waals surface area contributed by atoms with E-state index < -0.39 is 16.0 Å². The maximum Gasteiger partial charge on any atom is 0.335 e. The second kappa shape index (κ2) is 9.10. The lowest BCUT2D eigenvalue weighted by Gasteiger charge is -2.27. The number of rotatable bonds is 9. The first-order valence-electron chi connectivity index (χ1n) is 9.20. The summed E-state index contributed by atoms with van der Waals surface area (Å²) in [5.74, 6) is -0.342. The number of hydrogen-bond donors (Lipinski definition) is 1. The van der Waals surface area contributed by atoms with Crippen molar-refractivity contribution in [1.82, 2.24) is 0 Å². The minimum absolute atomic E-state index is 0.00366. The molecule has 2 aromatic carbocycles. The van der Waals surface area contributed by atoms with Gasteiger partial charge >= 0.3 is 5.97 Å². The molecule has 28 heavy (non-hydrogen) atoms. The molecule has 0 bridgehead atoms. The van der Waals surface area contributed by atoms with Crippen LogP contribution in [0.4, 0.5) is 5.69 Å². The monoisotopic (exact) mass is 405 g/mol. The highest BCUT2D eigenvalue weighted by atomic mass is 32.2. The smallest absolute Gasteiger partial charge is 0.335 e. The molecule has 2 aromatic rings. The van der Waals surface area contributed by atoms with E-state index in [1.54, 1.807) is 25.1 Å². The van der Waals surface area contributed by atoms with E-state index in [2.05, 4.69) is 0 Å². The van der Waals surface area contributed by atoms with E-state index in [1.807, 2.05) is 32.9 Å². The Morgan fingerprint density at radius 3 is 2.32 bits per heavy atom. The zero-order valence-electron chi connectivity index (χ0n) is 16.7. The van der Waals surface area contributed by atoms with E-state index in [9.17, 15) is 13.2 Å². The molecule has 0 saturated carbocycles. The van der Waals surface area contributed by atoms with Gasteiger partial charge < -0.3 is 9.84 Å². The van der Waals surface area contributed by atoms with Crippen LogP contribution in [0.15, 0.2) is 42.5 Å². The molecule has 0 atom stereocenters. The van der Waals surface area contributed by atoms with Crippen molar-refractivity contribution < 1.29 is 23.1 Å². The molecule has 0 radical (unpaired) electrons. The molecule has 6 nitrogen and oxygen atoms in total. The number of sulfonamides is 1. The fourth-order valence-electron chi connectivity index (χ4n) is 2.70. The van der Waals surface area contributed by atoms with Gasteiger partial charge in [-0.15, -0.1) is 0 Å². The Balaban J connectivity index is 2.33. The number of hydrogen-bond acceptors (Lipinski definition) is 4. The lowest BCUT2D eigenvalue weighted by molar-refractivity contribution is 0.0697. The second-order valence-electron chi connectivity index (χ2n) is 7.09. The quantitative estimate of drug-likeness (QED) is 0.679. The molecule has 2 rings (SSSR count). The van der Waals surface area contributed by atoms with Gasteiger partial charge in [-0.2, -0.15) is 0 Å². The highest BCUT2D eigenvalue weighted by molar-refractivity contribution is 7.92. The van der Waals surface area contributed by atoms with E-state index >= 15 is 0 Å². The average Bonchev–Trinajstić information content (AvgIpc) is 2.65. The normalized spacial score (nSPS) is 11.5. The van der Waals surface area contributed by atoms with Crippen LogP contribution in [-0.4, -0.2) is 31.8 Å². The first kappa shape index (κ1) is 21.8. The molecule has 152 valence electrons. The van der Waals surface area contributed by atoms with Gasteiger partial charge in [0, 0.05) is 6.54 Å². The number of ether oxygens (including phenoxy) is 1. The highest BCUT2D eigenvalue weighted by Crippen LogP contribution is 2.33. The zero-order chi connectivity index (χ0) is 20.9. The Labute approximate surface area is 166 Å². The number of aryl methyl sites for hydroxylation is 1. The summed E-state index contributed by atoms with van der Waals surface area (Å²) in [7, 11) is -3.45. The molecule has 7 heteroatoms. The fourth-order valence-corrected chi connectivity index (χ4v) is 3.98. The van der Waals surface area contributed by atoms with Crippen molar-refractivity contribution in [3.8, 4) is 5.75 Å². The minimum Gasteiger partial charge on any atom is -0.487 e. The summed E-state index contributed by atoms with van der Waals surface area (Å²) in [6.45, 7) is 8.05. The van der Waals surface area contributed by atoms with Crippen LogP contribution in [0.1, 0.15) is 42.3 Å². The van der Waals surface area contributed by atoms with Crippen LogP contribution >= 0.6 is 0 Å². The van der Waals surface area contributed by atoms with Gasteiger partial charge in [0.05, 0.1) is 17.0 Å². The molecule has 0 aromatic heterocycles. The van der Waals surface area contributed by atoms with Crippen LogP contribution in [0.3, 0.4) is 0 Å². The van der Waals surface area contributed by atoms with Crippen molar-refractivity contribution in [3.05, 3.63) is 59.2 Å². The number of benzene rings is 2. The molecule has 0 unspecified atom stereocenters. The standard InChI is InChI=1S/C21H27NO5S/c1-5-28(25,26)22(13-15(2)3)19-11-6-16(4)12-20(19)27-14-17-7-9-18(10-8-17)21(23)24/h6-12,15H,5,13-14H2,1-4H3,(H,23,24). The van der Waals surface area contributed by atoms with Gasteiger partial charge in [0.2, 0.25) is 10.0 Å². The molecule has 1 N–H and O–H groups in total. The third-order valence-corrected chi connectivity index (χ3v) is 5.96. The van der Waals surface area contributed by atoms with Gasteiger partial charge in [-0.05, 0) is 55.2 Å². The molecule has 0 aliphatic rings. The van der Waals surface area contributed by atoms with Crippen molar-refractivity contribution in [2.45, 2.75) is 34.3 Å². The molecular formula is C21H27NO5S. The number of aromatic carboxylic acids is 1. The first-order chi connectivity index (χ1) is 13.1. The zero-order valence-corrected chi connectivity index (χ0v) is 17.5. The van der Waals surface area contributed by atoms with Gasteiger partial charge in [-0.1, -0.05) is 32.0 Å². The molecule has 0 aliphatic heterocycles. The Morgan fingerprint density at radius 1 is 1.14 bits per heavy atom. The second-order valence-corrected chi connectivity index (χ2v) is 9.27. The molecule has 0 aliphatic carbocycles. The Hall–Kier alpha value is -2.54. The molecule has 0 amide bonds. The third-order valence-electron chi connectivity index (χ3n) is 4.21. The predicted molar refractivity (Wildman–Crippen MR) is 111 cm³/mol. The fraction of sp³-hybridized carbons (Fsp3) is 0.381. The number of nitrogens with zero attached hydrogens (tertiary/aromatic N) is 1. The van der Waals surface area contributed by atoms with Crippen molar-refractivity contribution in [1.29, 1.82) is 0 Å². The largest absolute Gasteiger partial charge is 0.487 e. The summed E-state index contributed by atoms with van der Waals surface area (Å²) in [5, 5.41) is 8.99. The molecule has 0 saturated heterocycles. The van der Waals surface area contributed by atoms with E-state index in [4.69, 9.17) is 9.84 Å². The summed E-state index contributed by atoms with van der Waals surface area (Å²) in [4.78, 5) is 11.0. The summed E-state index contributed by atoms with van der Waals surface area (Å²) < 4.78 is 32.7. The molecule has 0 spiro atoms. The number of carboxylic acid groups (broad SMARTS) is 1. The van der Waals surface area contributed by atoms with E-state index in [1.165, 1.54) is 16.4 Å². The van der Waals surface area contributed by atoms with Crippen LogP contribution in [0, 0.1) is 12.8 Å². The summed E-state index contributed by atoms with van der Waals surface area (Å²) >= 11 is 0.